The zero-order valence-electron chi connectivity index (χ0n) is 7.06. The van der Waals surface area contributed by atoms with Gasteiger partial charge in [0.2, 0.25) is 10.3 Å². The summed E-state index contributed by atoms with van der Waals surface area (Å²) in [5, 5.41) is 18.6. The van der Waals surface area contributed by atoms with Crippen molar-refractivity contribution in [2.75, 3.05) is 0 Å². The van der Waals surface area contributed by atoms with Crippen LogP contribution in [0.5, 0.6) is 0 Å². The normalized spacial score (nSPS) is 22.2. The highest BCUT2D eigenvalue weighted by Gasteiger charge is 2.25. The number of rotatable bonds is 1. The lowest BCUT2D eigenvalue weighted by Crippen LogP contribution is -2.22. The van der Waals surface area contributed by atoms with Crippen LogP contribution in [-0.2, 0) is 10.3 Å². The van der Waals surface area contributed by atoms with Gasteiger partial charge in [-0.15, -0.1) is 0 Å². The van der Waals surface area contributed by atoms with Crippen molar-refractivity contribution in [2.24, 2.45) is 5.92 Å². The van der Waals surface area contributed by atoms with Crippen LogP contribution in [0.4, 0.5) is 0 Å². The average molecular weight is 202 g/mol. The van der Waals surface area contributed by atoms with E-state index in [1.807, 2.05) is 0 Å². The first kappa shape index (κ1) is 9.85. The van der Waals surface area contributed by atoms with E-state index in [0.717, 1.165) is 0 Å². The molecular formula is C8H10O4S. The lowest BCUT2D eigenvalue weighted by Gasteiger charge is -2.17. The number of allylic oxidation sites excluding steroid dienone is 4. The first-order valence-corrected chi connectivity index (χ1v) is 4.91. The third kappa shape index (κ3) is 1.75. The summed E-state index contributed by atoms with van der Waals surface area (Å²) in [6.45, 7) is 1.74. The molecule has 4 nitrogen and oxygen atoms in total. The minimum Gasteiger partial charge on any atom is -0.512 e. The smallest absolute Gasteiger partial charge is 0.221 e. The van der Waals surface area contributed by atoms with Crippen LogP contribution in [-0.4, -0.2) is 23.5 Å². The zero-order valence-corrected chi connectivity index (χ0v) is 7.87. The van der Waals surface area contributed by atoms with Crippen molar-refractivity contribution in [1.82, 2.24) is 0 Å². The Kier molecular flexibility index (Phi) is 2.77. The predicted octanol–water partition coefficient (Wildman–Crippen LogP) is 0.962. The molecule has 13 heavy (non-hydrogen) atoms. The van der Waals surface area contributed by atoms with Gasteiger partial charge >= 0.3 is 0 Å². The van der Waals surface area contributed by atoms with E-state index in [1.54, 1.807) is 6.92 Å². The van der Waals surface area contributed by atoms with Gasteiger partial charge in [-0.2, -0.15) is 8.42 Å². The lowest BCUT2D eigenvalue weighted by atomic mass is 9.94. The molecule has 0 fully saturated rings. The maximum Gasteiger partial charge on any atom is 0.221 e. The highest BCUT2D eigenvalue weighted by atomic mass is 32.2. The number of aliphatic hydroxyl groups excluding tert-OH is 2. The standard InChI is InChI=1S/C8H10O4S/c1-2-5-6(9)3-4-7(10)8(5)13(11)12/h3-5,9-10H,2H2,1H3. The van der Waals surface area contributed by atoms with Crippen LogP contribution in [0.2, 0.25) is 0 Å². The van der Waals surface area contributed by atoms with Crippen molar-refractivity contribution in [2.45, 2.75) is 13.3 Å². The first-order valence-electron chi connectivity index (χ1n) is 3.84. The van der Waals surface area contributed by atoms with Crippen molar-refractivity contribution in [3.63, 3.8) is 0 Å². The van der Waals surface area contributed by atoms with E-state index in [0.29, 0.717) is 6.42 Å². The van der Waals surface area contributed by atoms with Crippen LogP contribution in [0.15, 0.2) is 23.7 Å². The Bertz CT molecular complexity index is 392. The molecule has 0 amide bonds. The molecular weight excluding hydrogens is 192 g/mol. The largest absolute Gasteiger partial charge is 0.512 e. The minimum atomic E-state index is -2.49. The summed E-state index contributed by atoms with van der Waals surface area (Å²) in [5.74, 6) is -0.930. The van der Waals surface area contributed by atoms with Gasteiger partial charge in [-0.1, -0.05) is 6.92 Å². The molecule has 1 rings (SSSR count). The quantitative estimate of drug-likeness (QED) is 0.621. The molecule has 2 N–H and O–H groups in total. The second kappa shape index (κ2) is 3.66. The fourth-order valence-electron chi connectivity index (χ4n) is 1.27. The molecule has 0 aromatic heterocycles. The van der Waals surface area contributed by atoms with Crippen LogP contribution >= 0.6 is 0 Å². The van der Waals surface area contributed by atoms with Crippen LogP contribution in [0.1, 0.15) is 13.3 Å². The first-order chi connectivity index (χ1) is 6.07. The van der Waals surface area contributed by atoms with Gasteiger partial charge in [0.1, 0.15) is 16.4 Å². The molecule has 0 aliphatic heterocycles. The minimum absolute atomic E-state index is 0.0282. The molecule has 1 aliphatic rings. The molecule has 0 aromatic carbocycles. The van der Waals surface area contributed by atoms with E-state index in [2.05, 4.69) is 0 Å². The second-order valence-corrected chi connectivity index (χ2v) is 3.61. The molecule has 1 atom stereocenters. The van der Waals surface area contributed by atoms with Crippen molar-refractivity contribution < 1.29 is 18.6 Å². The zero-order chi connectivity index (χ0) is 10.0. The van der Waals surface area contributed by atoms with Gasteiger partial charge in [-0.05, 0) is 18.6 Å². The van der Waals surface area contributed by atoms with Gasteiger partial charge in [0.05, 0.1) is 5.92 Å². The van der Waals surface area contributed by atoms with E-state index in [1.165, 1.54) is 12.2 Å². The Labute approximate surface area is 77.4 Å². The lowest BCUT2D eigenvalue weighted by molar-refractivity contribution is 0.351. The Morgan fingerprint density at radius 2 is 2.00 bits per heavy atom. The molecule has 5 heteroatoms. The van der Waals surface area contributed by atoms with Gasteiger partial charge < -0.3 is 10.2 Å². The third-order valence-corrected chi connectivity index (χ3v) is 2.78. The maximum atomic E-state index is 10.7. The molecule has 0 heterocycles. The fourth-order valence-corrected chi connectivity index (χ4v) is 2.03. The predicted molar refractivity (Wildman–Crippen MR) is 49.1 cm³/mol. The highest BCUT2D eigenvalue weighted by Crippen LogP contribution is 2.22. The van der Waals surface area contributed by atoms with Gasteiger partial charge in [0.15, 0.2) is 0 Å². The molecule has 0 bridgehead atoms. The fraction of sp³-hybridized carbons (Fsp3) is 0.375. The summed E-state index contributed by atoms with van der Waals surface area (Å²) in [6, 6.07) is 0. The third-order valence-electron chi connectivity index (χ3n) is 1.93. The molecule has 1 unspecified atom stereocenters. The van der Waals surface area contributed by atoms with Gasteiger partial charge in [0.25, 0.3) is 0 Å². The Hall–Kier alpha value is -1.23. The summed E-state index contributed by atoms with van der Waals surface area (Å²) in [4.78, 5) is -0.137. The van der Waals surface area contributed by atoms with Gasteiger partial charge in [0, 0.05) is 0 Å². The van der Waals surface area contributed by atoms with E-state index < -0.39 is 16.2 Å². The van der Waals surface area contributed by atoms with Crippen LogP contribution in [0.3, 0.4) is 0 Å². The topological polar surface area (TPSA) is 74.6 Å². The second-order valence-electron chi connectivity index (χ2n) is 2.70. The molecule has 1 aliphatic carbocycles. The van der Waals surface area contributed by atoms with Gasteiger partial charge in [-0.3, -0.25) is 0 Å². The van der Waals surface area contributed by atoms with Crippen molar-refractivity contribution in [1.29, 1.82) is 0 Å². The average Bonchev–Trinajstić information content (AvgIpc) is 2.07. The van der Waals surface area contributed by atoms with E-state index in [-0.39, 0.29) is 16.4 Å². The summed E-state index contributed by atoms with van der Waals surface area (Å²) in [7, 11) is -2.49. The summed E-state index contributed by atoms with van der Waals surface area (Å²) in [6.07, 6.45) is 2.91. The van der Waals surface area contributed by atoms with E-state index in [9.17, 15) is 18.6 Å². The molecule has 0 saturated heterocycles. The number of hydrogen-bond donors (Lipinski definition) is 2. The van der Waals surface area contributed by atoms with E-state index >= 15 is 0 Å². The molecule has 0 aromatic rings. The van der Waals surface area contributed by atoms with E-state index in [4.69, 9.17) is 0 Å². The van der Waals surface area contributed by atoms with Crippen LogP contribution in [0.25, 0.3) is 0 Å². The summed E-state index contributed by atoms with van der Waals surface area (Å²) >= 11 is 0. The molecule has 72 valence electrons. The summed E-state index contributed by atoms with van der Waals surface area (Å²) < 4.78 is 21.4. The van der Waals surface area contributed by atoms with Crippen molar-refractivity contribution >= 4 is 15.2 Å². The Morgan fingerprint density at radius 3 is 2.38 bits per heavy atom. The number of aliphatic hydroxyl groups is 2. The molecule has 0 radical (unpaired) electrons. The van der Waals surface area contributed by atoms with Gasteiger partial charge in [-0.25, -0.2) is 0 Å². The maximum absolute atomic E-state index is 10.7. The van der Waals surface area contributed by atoms with Crippen LogP contribution in [0, 0.1) is 5.92 Å². The highest BCUT2D eigenvalue weighted by molar-refractivity contribution is 7.73. The molecule has 0 spiro atoms. The number of hydrogen-bond acceptors (Lipinski definition) is 4. The summed E-state index contributed by atoms with van der Waals surface area (Å²) in [5.41, 5.74) is 0. The Balaban J connectivity index is 3.32. The Morgan fingerprint density at radius 1 is 1.38 bits per heavy atom. The molecule has 0 saturated carbocycles. The monoisotopic (exact) mass is 202 g/mol. The van der Waals surface area contributed by atoms with Crippen LogP contribution < -0.4 is 0 Å². The van der Waals surface area contributed by atoms with Crippen molar-refractivity contribution in [3.8, 4) is 0 Å². The van der Waals surface area contributed by atoms with Crippen molar-refractivity contribution in [3.05, 3.63) is 23.7 Å². The SMILES string of the molecule is CCC1C(O)=CC=C(O)C1=S(=O)=O.